The maximum atomic E-state index is 13.2. The van der Waals surface area contributed by atoms with Gasteiger partial charge in [0.2, 0.25) is 0 Å². The molecule has 0 unspecified atom stereocenters. The van der Waals surface area contributed by atoms with Crippen LogP contribution < -0.4 is 10.2 Å². The van der Waals surface area contributed by atoms with Gasteiger partial charge in [-0.2, -0.15) is 0 Å². The molecule has 1 heterocycles. The number of halogens is 2. The molecule has 8 heteroatoms. The zero-order chi connectivity index (χ0) is 16.6. The lowest BCUT2D eigenvalue weighted by molar-refractivity contribution is 0.257. The summed E-state index contributed by atoms with van der Waals surface area (Å²) in [5.41, 5.74) is 0.650. The fraction of sp³-hybridized carbons (Fsp3) is 0.133. The lowest BCUT2D eigenvalue weighted by Gasteiger charge is -2.29. The molecule has 2 aromatic carbocycles. The molecular weight excluding hydrogens is 343 g/mol. The Balaban J connectivity index is 1.90. The zero-order valence-electron chi connectivity index (χ0n) is 11.8. The summed E-state index contributed by atoms with van der Waals surface area (Å²) in [7, 11) is -3.39. The lowest BCUT2D eigenvalue weighted by Crippen LogP contribution is -2.42. The van der Waals surface area contributed by atoms with E-state index in [4.69, 9.17) is 11.6 Å². The second-order valence-electron chi connectivity index (χ2n) is 5.00. The Hall–Kier alpha value is -2.12. The first kappa shape index (κ1) is 15.8. The average Bonchev–Trinajstić information content (AvgIpc) is 2.51. The highest BCUT2D eigenvalue weighted by molar-refractivity contribution is 7.91. The number of hydrogen-bond acceptors (Lipinski definition) is 3. The molecule has 2 amide bonds. The Morgan fingerprint density at radius 3 is 2.70 bits per heavy atom. The predicted molar refractivity (Wildman–Crippen MR) is 86.3 cm³/mol. The molecule has 0 radical (unpaired) electrons. The number of urea groups is 1. The second-order valence-corrected chi connectivity index (χ2v) is 7.48. The molecule has 23 heavy (non-hydrogen) atoms. The van der Waals surface area contributed by atoms with Crippen LogP contribution in [0.4, 0.5) is 20.6 Å². The molecule has 2 aromatic rings. The van der Waals surface area contributed by atoms with Crippen molar-refractivity contribution in [1.82, 2.24) is 0 Å². The van der Waals surface area contributed by atoms with Crippen molar-refractivity contribution >= 4 is 38.8 Å². The number of hydrogen-bond donors (Lipinski definition) is 1. The maximum Gasteiger partial charge on any atom is 0.326 e. The van der Waals surface area contributed by atoms with Gasteiger partial charge in [-0.1, -0.05) is 23.7 Å². The highest BCUT2D eigenvalue weighted by atomic mass is 35.5. The SMILES string of the molecule is O=C(Nc1ccc(F)c(Cl)c1)N1CCS(=O)(=O)c2ccccc21. The standard InChI is InChI=1S/C15H12ClFN2O3S/c16-11-9-10(5-6-12(11)17)18-15(20)19-7-8-23(21,22)14-4-2-1-3-13(14)19/h1-6,9H,7-8H2,(H,18,20). The molecule has 0 fully saturated rings. The van der Waals surface area contributed by atoms with Gasteiger partial charge in [0.05, 0.1) is 21.4 Å². The van der Waals surface area contributed by atoms with Crippen LogP contribution in [0.25, 0.3) is 0 Å². The number of nitrogens with one attached hydrogen (secondary N) is 1. The number of fused-ring (bicyclic) bond motifs is 1. The number of carbonyl (C=O) groups is 1. The summed E-state index contributed by atoms with van der Waals surface area (Å²) in [6, 6.07) is 9.63. The third-order valence-electron chi connectivity index (χ3n) is 3.49. The van der Waals surface area contributed by atoms with E-state index < -0.39 is 21.7 Å². The molecule has 3 rings (SSSR count). The van der Waals surface area contributed by atoms with Crippen LogP contribution in [0.3, 0.4) is 0 Å². The Morgan fingerprint density at radius 1 is 1.22 bits per heavy atom. The van der Waals surface area contributed by atoms with Gasteiger partial charge in [0.1, 0.15) is 5.82 Å². The lowest BCUT2D eigenvalue weighted by atomic mass is 10.3. The van der Waals surface area contributed by atoms with Gasteiger partial charge in [-0.05, 0) is 30.3 Å². The molecule has 1 N–H and O–H groups in total. The number of carbonyl (C=O) groups excluding carboxylic acids is 1. The van der Waals surface area contributed by atoms with Crippen LogP contribution in [0.1, 0.15) is 0 Å². The van der Waals surface area contributed by atoms with E-state index in [0.29, 0.717) is 11.4 Å². The van der Waals surface area contributed by atoms with E-state index in [1.165, 1.54) is 23.1 Å². The van der Waals surface area contributed by atoms with Crippen molar-refractivity contribution in [3.8, 4) is 0 Å². The Kier molecular flexibility index (Phi) is 3.99. The van der Waals surface area contributed by atoms with Gasteiger partial charge in [-0.25, -0.2) is 17.6 Å². The smallest absolute Gasteiger partial charge is 0.307 e. The third-order valence-corrected chi connectivity index (χ3v) is 5.52. The van der Waals surface area contributed by atoms with E-state index in [1.807, 2.05) is 0 Å². The maximum absolute atomic E-state index is 13.2. The van der Waals surface area contributed by atoms with E-state index in [9.17, 15) is 17.6 Å². The molecule has 0 aliphatic carbocycles. The average molecular weight is 355 g/mol. The highest BCUT2D eigenvalue weighted by Gasteiger charge is 2.31. The van der Waals surface area contributed by atoms with Crippen LogP contribution in [-0.4, -0.2) is 26.7 Å². The number of rotatable bonds is 1. The predicted octanol–water partition coefficient (Wildman–Crippen LogP) is 3.30. The molecular formula is C15H12ClFN2O3S. The summed E-state index contributed by atoms with van der Waals surface area (Å²) in [5.74, 6) is -0.735. The number of benzene rings is 2. The first-order chi connectivity index (χ1) is 10.9. The Morgan fingerprint density at radius 2 is 1.96 bits per heavy atom. The Labute approximate surface area is 137 Å². The summed E-state index contributed by atoms with van der Waals surface area (Å²) in [5, 5.41) is 2.48. The van der Waals surface area contributed by atoms with E-state index in [-0.39, 0.29) is 22.2 Å². The molecule has 0 saturated heterocycles. The first-order valence-electron chi connectivity index (χ1n) is 6.74. The van der Waals surface area contributed by atoms with Crippen LogP contribution in [0.5, 0.6) is 0 Å². The van der Waals surface area contributed by atoms with Crippen molar-refractivity contribution in [2.75, 3.05) is 22.5 Å². The molecule has 0 atom stereocenters. The summed E-state index contributed by atoms with van der Waals surface area (Å²) in [6.45, 7) is 0.0418. The van der Waals surface area contributed by atoms with Gasteiger partial charge in [0, 0.05) is 12.2 Å². The van der Waals surface area contributed by atoms with Crippen molar-refractivity contribution < 1.29 is 17.6 Å². The number of nitrogens with zero attached hydrogens (tertiary/aromatic N) is 1. The van der Waals surface area contributed by atoms with Crippen molar-refractivity contribution in [1.29, 1.82) is 0 Å². The van der Waals surface area contributed by atoms with Crippen LogP contribution in [-0.2, 0) is 9.84 Å². The molecule has 0 aromatic heterocycles. The van der Waals surface area contributed by atoms with E-state index in [1.54, 1.807) is 18.2 Å². The topological polar surface area (TPSA) is 66.5 Å². The molecule has 0 spiro atoms. The Bertz CT molecular complexity index is 886. The van der Waals surface area contributed by atoms with Crippen molar-refractivity contribution in [3.63, 3.8) is 0 Å². The third kappa shape index (κ3) is 3.02. The fourth-order valence-electron chi connectivity index (χ4n) is 2.36. The quantitative estimate of drug-likeness (QED) is 0.854. The van der Waals surface area contributed by atoms with Gasteiger partial charge in [-0.15, -0.1) is 0 Å². The van der Waals surface area contributed by atoms with Crippen molar-refractivity contribution in [3.05, 3.63) is 53.3 Å². The fourth-order valence-corrected chi connectivity index (χ4v) is 3.97. The van der Waals surface area contributed by atoms with Gasteiger partial charge < -0.3 is 5.32 Å². The normalized spacial score (nSPS) is 15.8. The van der Waals surface area contributed by atoms with Crippen LogP contribution in [0, 0.1) is 5.82 Å². The zero-order valence-corrected chi connectivity index (χ0v) is 13.4. The van der Waals surface area contributed by atoms with Gasteiger partial charge in [-0.3, -0.25) is 4.90 Å². The van der Waals surface area contributed by atoms with Gasteiger partial charge in [0.15, 0.2) is 9.84 Å². The largest absolute Gasteiger partial charge is 0.326 e. The summed E-state index contributed by atoms with van der Waals surface area (Å²) < 4.78 is 37.3. The minimum absolute atomic E-state index is 0.0418. The molecule has 1 aliphatic heterocycles. The summed E-state index contributed by atoms with van der Waals surface area (Å²) >= 11 is 5.68. The van der Waals surface area contributed by atoms with Crippen molar-refractivity contribution in [2.45, 2.75) is 4.90 Å². The summed E-state index contributed by atoms with van der Waals surface area (Å²) in [4.78, 5) is 13.9. The van der Waals surface area contributed by atoms with Crippen molar-refractivity contribution in [2.24, 2.45) is 0 Å². The molecule has 120 valence electrons. The minimum Gasteiger partial charge on any atom is -0.307 e. The highest BCUT2D eigenvalue weighted by Crippen LogP contribution is 2.30. The number of para-hydroxylation sites is 1. The first-order valence-corrected chi connectivity index (χ1v) is 8.77. The minimum atomic E-state index is -3.39. The monoisotopic (exact) mass is 354 g/mol. The number of amides is 2. The number of anilines is 2. The van der Waals surface area contributed by atoms with E-state index in [2.05, 4.69) is 5.32 Å². The van der Waals surface area contributed by atoms with Crippen LogP contribution >= 0.6 is 11.6 Å². The summed E-state index contributed by atoms with van der Waals surface area (Å²) in [6.07, 6.45) is 0. The second kappa shape index (κ2) is 5.82. The van der Waals surface area contributed by atoms with Gasteiger partial charge >= 0.3 is 6.03 Å². The van der Waals surface area contributed by atoms with E-state index >= 15 is 0 Å². The van der Waals surface area contributed by atoms with Crippen LogP contribution in [0.15, 0.2) is 47.4 Å². The molecule has 0 saturated carbocycles. The number of sulfone groups is 1. The molecule has 1 aliphatic rings. The molecule has 5 nitrogen and oxygen atoms in total. The van der Waals surface area contributed by atoms with Gasteiger partial charge in [0.25, 0.3) is 0 Å². The molecule has 0 bridgehead atoms. The van der Waals surface area contributed by atoms with E-state index in [0.717, 1.165) is 6.07 Å². The van der Waals surface area contributed by atoms with Crippen LogP contribution in [0.2, 0.25) is 5.02 Å².